The molecule has 0 saturated carbocycles. The number of hydrogen-bond donors (Lipinski definition) is 1. The fourth-order valence-electron chi connectivity index (χ4n) is 1.57. The Kier molecular flexibility index (Phi) is 2.79. The van der Waals surface area contributed by atoms with Gasteiger partial charge in [0.15, 0.2) is 0 Å². The molecule has 16 heavy (non-hydrogen) atoms. The molecular weight excluding hydrogens is 302 g/mol. The minimum Gasteiger partial charge on any atom is -0.352 e. The van der Waals surface area contributed by atoms with Crippen molar-refractivity contribution in [3.8, 4) is 0 Å². The van der Waals surface area contributed by atoms with Crippen LogP contribution < -0.4 is 0 Å². The van der Waals surface area contributed by atoms with E-state index in [0.717, 1.165) is 4.47 Å². The lowest BCUT2D eigenvalue weighted by Gasteiger charge is -1.99. The molecule has 0 bridgehead atoms. The van der Waals surface area contributed by atoms with Crippen molar-refractivity contribution in [1.29, 1.82) is 0 Å². The molecule has 2 heterocycles. The Morgan fingerprint density at radius 3 is 3.06 bits per heavy atom. The summed E-state index contributed by atoms with van der Waals surface area (Å²) in [5.41, 5.74) is 0. The fourth-order valence-corrected chi connectivity index (χ4v) is 3.94. The van der Waals surface area contributed by atoms with Gasteiger partial charge in [0.25, 0.3) is 0 Å². The summed E-state index contributed by atoms with van der Waals surface area (Å²) >= 11 is 7.02. The molecule has 4 heteroatoms. The molecule has 0 fully saturated rings. The molecule has 1 aromatic carbocycles. The van der Waals surface area contributed by atoms with Gasteiger partial charge in [-0.1, -0.05) is 33.8 Å². The Bertz CT molecular complexity index is 627. The highest BCUT2D eigenvalue weighted by Gasteiger charge is 2.06. The first-order chi connectivity index (χ1) is 7.83. The lowest BCUT2D eigenvalue weighted by atomic mass is 10.4. The third-order valence-corrected chi connectivity index (χ3v) is 4.68. The molecule has 0 aliphatic carbocycles. The number of rotatable bonds is 2. The predicted molar refractivity (Wildman–Crippen MR) is 74.4 cm³/mol. The lowest BCUT2D eigenvalue weighted by molar-refractivity contribution is 1.39. The van der Waals surface area contributed by atoms with E-state index in [4.69, 9.17) is 0 Å². The van der Waals surface area contributed by atoms with E-state index in [9.17, 15) is 0 Å². The summed E-state index contributed by atoms with van der Waals surface area (Å²) in [6.45, 7) is 0. The number of thiophene rings is 1. The summed E-state index contributed by atoms with van der Waals surface area (Å²) in [6, 6.07) is 10.5. The van der Waals surface area contributed by atoms with Crippen LogP contribution in [0.3, 0.4) is 0 Å². The number of hydrogen-bond acceptors (Lipinski definition) is 2. The Hall–Kier alpha value is -0.710. The lowest BCUT2D eigenvalue weighted by Crippen LogP contribution is -1.71. The normalized spacial score (nSPS) is 11.1. The van der Waals surface area contributed by atoms with E-state index in [1.807, 2.05) is 6.07 Å². The zero-order valence-electron chi connectivity index (χ0n) is 8.24. The molecule has 2 aromatic heterocycles. The van der Waals surface area contributed by atoms with Crippen molar-refractivity contribution in [2.75, 3.05) is 0 Å². The number of nitrogens with one attached hydrogen (secondary N) is 1. The van der Waals surface area contributed by atoms with Crippen LogP contribution in [0.5, 0.6) is 0 Å². The average molecular weight is 310 g/mol. The van der Waals surface area contributed by atoms with Crippen LogP contribution in [0.15, 0.2) is 56.2 Å². The van der Waals surface area contributed by atoms with Crippen LogP contribution in [0.4, 0.5) is 0 Å². The summed E-state index contributed by atoms with van der Waals surface area (Å²) in [4.78, 5) is 7.07. The largest absolute Gasteiger partial charge is 0.352 e. The monoisotopic (exact) mass is 309 g/mol. The van der Waals surface area contributed by atoms with E-state index < -0.39 is 0 Å². The quantitative estimate of drug-likeness (QED) is 0.692. The maximum atomic E-state index is 3.49. The minimum atomic E-state index is 1.12. The van der Waals surface area contributed by atoms with Crippen molar-refractivity contribution in [3.05, 3.63) is 46.4 Å². The van der Waals surface area contributed by atoms with Crippen LogP contribution in [0.1, 0.15) is 0 Å². The third kappa shape index (κ3) is 1.93. The summed E-state index contributed by atoms with van der Waals surface area (Å²) < 4.78 is 1.12. The van der Waals surface area contributed by atoms with Crippen LogP contribution >= 0.6 is 39.0 Å². The third-order valence-electron chi connectivity index (χ3n) is 2.29. The van der Waals surface area contributed by atoms with Crippen LogP contribution in [-0.2, 0) is 0 Å². The molecule has 80 valence electrons. The SMILES string of the molecule is Brc1cccc(Sc2c[nH]c3sccc23)c1. The standard InChI is InChI=1S/C12H8BrNS2/c13-8-2-1-3-9(6-8)16-11-7-14-12-10(11)4-5-15-12/h1-7,14H. The number of aromatic amines is 1. The zero-order valence-corrected chi connectivity index (χ0v) is 11.5. The molecule has 0 spiro atoms. The summed E-state index contributed by atoms with van der Waals surface area (Å²) in [7, 11) is 0. The Labute approximate surface area is 110 Å². The molecular formula is C12H8BrNS2. The summed E-state index contributed by atoms with van der Waals surface area (Å²) in [6.07, 6.45) is 2.08. The smallest absolute Gasteiger partial charge is 0.101 e. The Morgan fingerprint density at radius 1 is 1.25 bits per heavy atom. The second-order valence-corrected chi connectivity index (χ2v) is 6.32. The van der Waals surface area contributed by atoms with Crippen molar-refractivity contribution < 1.29 is 0 Å². The van der Waals surface area contributed by atoms with Gasteiger partial charge in [0.1, 0.15) is 4.83 Å². The maximum Gasteiger partial charge on any atom is 0.101 e. The van der Waals surface area contributed by atoms with Crippen molar-refractivity contribution in [1.82, 2.24) is 4.98 Å². The maximum absolute atomic E-state index is 3.49. The van der Waals surface area contributed by atoms with Gasteiger partial charge in [0, 0.05) is 25.8 Å². The second-order valence-electron chi connectivity index (χ2n) is 3.38. The first-order valence-electron chi connectivity index (χ1n) is 4.81. The highest BCUT2D eigenvalue weighted by atomic mass is 79.9. The average Bonchev–Trinajstić information content (AvgIpc) is 2.83. The van der Waals surface area contributed by atoms with E-state index in [-0.39, 0.29) is 0 Å². The van der Waals surface area contributed by atoms with Gasteiger partial charge in [-0.15, -0.1) is 11.3 Å². The highest BCUT2D eigenvalue weighted by Crippen LogP contribution is 2.36. The molecule has 0 radical (unpaired) electrons. The number of aromatic nitrogens is 1. The molecule has 0 atom stereocenters. The van der Waals surface area contributed by atoms with E-state index in [2.05, 4.69) is 56.8 Å². The number of benzene rings is 1. The van der Waals surface area contributed by atoms with Crippen molar-refractivity contribution in [3.63, 3.8) is 0 Å². The Morgan fingerprint density at radius 2 is 2.19 bits per heavy atom. The van der Waals surface area contributed by atoms with E-state index in [1.54, 1.807) is 23.1 Å². The van der Waals surface area contributed by atoms with E-state index >= 15 is 0 Å². The predicted octanol–water partition coefficient (Wildman–Crippen LogP) is 5.14. The summed E-state index contributed by atoms with van der Waals surface area (Å²) in [5.74, 6) is 0. The first kappa shape index (κ1) is 10.4. The van der Waals surface area contributed by atoms with Gasteiger partial charge < -0.3 is 4.98 Å². The summed E-state index contributed by atoms with van der Waals surface area (Å²) in [5, 5.41) is 3.43. The van der Waals surface area contributed by atoms with E-state index in [0.29, 0.717) is 0 Å². The molecule has 3 aromatic rings. The zero-order chi connectivity index (χ0) is 11.0. The minimum absolute atomic E-state index is 1.12. The van der Waals surface area contributed by atoms with Crippen LogP contribution in [0, 0.1) is 0 Å². The van der Waals surface area contributed by atoms with Crippen molar-refractivity contribution in [2.45, 2.75) is 9.79 Å². The molecule has 0 saturated heterocycles. The van der Waals surface area contributed by atoms with Gasteiger partial charge in [-0.2, -0.15) is 0 Å². The molecule has 0 unspecified atom stereocenters. The van der Waals surface area contributed by atoms with Gasteiger partial charge in [0.05, 0.1) is 0 Å². The van der Waals surface area contributed by atoms with Crippen LogP contribution in [0.25, 0.3) is 10.2 Å². The number of fused-ring (bicyclic) bond motifs is 1. The topological polar surface area (TPSA) is 15.8 Å². The molecule has 1 nitrogen and oxygen atoms in total. The molecule has 0 amide bonds. The van der Waals surface area contributed by atoms with Gasteiger partial charge in [0.2, 0.25) is 0 Å². The first-order valence-corrected chi connectivity index (χ1v) is 7.30. The van der Waals surface area contributed by atoms with Crippen molar-refractivity contribution in [2.24, 2.45) is 0 Å². The van der Waals surface area contributed by atoms with Gasteiger partial charge in [-0.05, 0) is 29.6 Å². The van der Waals surface area contributed by atoms with Gasteiger partial charge >= 0.3 is 0 Å². The molecule has 1 N–H and O–H groups in total. The highest BCUT2D eigenvalue weighted by molar-refractivity contribution is 9.10. The van der Waals surface area contributed by atoms with E-state index in [1.165, 1.54) is 20.0 Å². The van der Waals surface area contributed by atoms with Gasteiger partial charge in [-0.25, -0.2) is 0 Å². The van der Waals surface area contributed by atoms with Crippen LogP contribution in [0.2, 0.25) is 0 Å². The number of halogens is 1. The fraction of sp³-hybridized carbons (Fsp3) is 0. The number of H-pyrrole nitrogens is 1. The second kappa shape index (κ2) is 4.28. The Balaban J connectivity index is 1.98. The van der Waals surface area contributed by atoms with Gasteiger partial charge in [-0.3, -0.25) is 0 Å². The molecule has 3 rings (SSSR count). The molecule has 0 aliphatic rings. The van der Waals surface area contributed by atoms with Crippen molar-refractivity contribution >= 4 is 49.2 Å². The molecule has 0 aliphatic heterocycles. The van der Waals surface area contributed by atoms with Crippen LogP contribution in [-0.4, -0.2) is 4.98 Å².